The number of hydrogen-bond donors (Lipinski definition) is 1. The molecule has 0 aliphatic rings. The van der Waals surface area contributed by atoms with Gasteiger partial charge in [0.2, 0.25) is 0 Å². The summed E-state index contributed by atoms with van der Waals surface area (Å²) in [6.07, 6.45) is 1.02. The maximum Gasteiger partial charge on any atom is 0.265 e. The first-order valence-electron chi connectivity index (χ1n) is 7.41. The smallest absolute Gasteiger partial charge is 0.265 e. The maximum absolute atomic E-state index is 13.9. The summed E-state index contributed by atoms with van der Waals surface area (Å²) in [5.41, 5.74) is 0.725. The topological polar surface area (TPSA) is 63.2 Å². The molecule has 0 fully saturated rings. The average Bonchev–Trinajstić information content (AvgIpc) is 3.06. The van der Waals surface area contributed by atoms with Gasteiger partial charge in [0.1, 0.15) is 5.82 Å². The highest BCUT2D eigenvalue weighted by atomic mass is 35.5. The molecule has 0 aliphatic carbocycles. The first-order valence-corrected chi connectivity index (χ1v) is 10.5. The third-order valence-corrected chi connectivity index (χ3v) is 6.07. The monoisotopic (exact) mass is 409 g/mol. The second kappa shape index (κ2) is 7.19. The minimum absolute atomic E-state index is 0.0674. The Kier molecular flexibility index (Phi) is 5.13. The van der Waals surface area contributed by atoms with Crippen molar-refractivity contribution in [3.8, 4) is 10.4 Å². The summed E-state index contributed by atoms with van der Waals surface area (Å²) in [7, 11) is -3.50. The molecule has 0 spiro atoms. The molecule has 26 heavy (non-hydrogen) atoms. The number of nitrogens with one attached hydrogen (secondary N) is 1. The Bertz CT molecular complexity index is 1080. The van der Waals surface area contributed by atoms with Gasteiger partial charge in [-0.15, -0.1) is 11.3 Å². The SMILES string of the molecule is CS(=O)(=O)c1ccc(F)c(NC(=O)c2ccc(-c3ccc(Cl)cc3)s2)c1. The molecule has 0 bridgehead atoms. The molecule has 3 rings (SSSR count). The number of sulfone groups is 1. The fourth-order valence-electron chi connectivity index (χ4n) is 2.24. The zero-order valence-electron chi connectivity index (χ0n) is 13.5. The van der Waals surface area contributed by atoms with Crippen molar-refractivity contribution in [1.29, 1.82) is 0 Å². The summed E-state index contributed by atoms with van der Waals surface area (Å²) in [4.78, 5) is 13.6. The number of carbonyl (C=O) groups excluding carboxylic acids is 1. The van der Waals surface area contributed by atoms with Gasteiger partial charge in [-0.1, -0.05) is 23.7 Å². The Balaban J connectivity index is 1.84. The molecule has 134 valence electrons. The second-order valence-electron chi connectivity index (χ2n) is 5.54. The third kappa shape index (κ3) is 4.12. The maximum atomic E-state index is 13.9. The molecule has 1 aromatic heterocycles. The number of rotatable bonds is 4. The molecular weight excluding hydrogens is 397 g/mol. The van der Waals surface area contributed by atoms with Gasteiger partial charge in [0.05, 0.1) is 15.5 Å². The number of halogens is 2. The van der Waals surface area contributed by atoms with Gasteiger partial charge < -0.3 is 5.32 Å². The quantitative estimate of drug-likeness (QED) is 0.625. The fourth-order valence-corrected chi connectivity index (χ4v) is 3.92. The minimum atomic E-state index is -3.50. The number of anilines is 1. The molecule has 1 amide bonds. The Hall–Kier alpha value is -2.22. The number of benzene rings is 2. The van der Waals surface area contributed by atoms with Crippen molar-refractivity contribution in [3.63, 3.8) is 0 Å². The van der Waals surface area contributed by atoms with E-state index in [9.17, 15) is 17.6 Å². The van der Waals surface area contributed by atoms with Crippen LogP contribution in [0, 0.1) is 5.82 Å². The molecule has 0 radical (unpaired) electrons. The van der Waals surface area contributed by atoms with E-state index >= 15 is 0 Å². The van der Waals surface area contributed by atoms with E-state index in [0.717, 1.165) is 34.9 Å². The molecule has 0 atom stereocenters. The van der Waals surface area contributed by atoms with Crippen LogP contribution in [0.2, 0.25) is 5.02 Å². The Morgan fingerprint density at radius 1 is 1.08 bits per heavy atom. The van der Waals surface area contributed by atoms with Gasteiger partial charge in [-0.3, -0.25) is 4.79 Å². The van der Waals surface area contributed by atoms with Crippen LogP contribution < -0.4 is 5.32 Å². The van der Waals surface area contributed by atoms with Gasteiger partial charge in [-0.2, -0.15) is 0 Å². The summed E-state index contributed by atoms with van der Waals surface area (Å²) in [6, 6.07) is 13.9. The van der Waals surface area contributed by atoms with Crippen LogP contribution in [0.3, 0.4) is 0 Å². The molecule has 1 N–H and O–H groups in total. The van der Waals surface area contributed by atoms with Gasteiger partial charge in [0, 0.05) is 16.2 Å². The number of hydrogen-bond acceptors (Lipinski definition) is 4. The van der Waals surface area contributed by atoms with Crippen molar-refractivity contribution in [1.82, 2.24) is 0 Å². The van der Waals surface area contributed by atoms with Gasteiger partial charge in [0.25, 0.3) is 5.91 Å². The molecule has 0 saturated carbocycles. The van der Waals surface area contributed by atoms with Gasteiger partial charge in [-0.05, 0) is 48.0 Å². The minimum Gasteiger partial charge on any atom is -0.319 e. The van der Waals surface area contributed by atoms with E-state index in [1.165, 1.54) is 11.3 Å². The third-order valence-electron chi connectivity index (χ3n) is 3.57. The lowest BCUT2D eigenvalue weighted by Gasteiger charge is -2.07. The van der Waals surface area contributed by atoms with Crippen LogP contribution in [0.4, 0.5) is 10.1 Å². The molecule has 2 aromatic carbocycles. The van der Waals surface area contributed by atoms with E-state index < -0.39 is 21.6 Å². The largest absolute Gasteiger partial charge is 0.319 e. The van der Waals surface area contributed by atoms with Crippen molar-refractivity contribution >= 4 is 44.4 Å². The first kappa shape index (κ1) is 18.6. The van der Waals surface area contributed by atoms with Crippen LogP contribution in [0.15, 0.2) is 59.5 Å². The lowest BCUT2D eigenvalue weighted by atomic mass is 10.2. The Morgan fingerprint density at radius 2 is 1.77 bits per heavy atom. The predicted molar refractivity (Wildman–Crippen MR) is 102 cm³/mol. The van der Waals surface area contributed by atoms with Crippen LogP contribution in [-0.4, -0.2) is 20.6 Å². The molecule has 8 heteroatoms. The van der Waals surface area contributed by atoms with Crippen LogP contribution in [0.5, 0.6) is 0 Å². The fraction of sp³-hybridized carbons (Fsp3) is 0.0556. The lowest BCUT2D eigenvalue weighted by molar-refractivity contribution is 0.103. The van der Waals surface area contributed by atoms with Crippen LogP contribution in [0.1, 0.15) is 9.67 Å². The van der Waals surface area contributed by atoms with Gasteiger partial charge in [-0.25, -0.2) is 12.8 Å². The van der Waals surface area contributed by atoms with Crippen molar-refractivity contribution in [2.75, 3.05) is 11.6 Å². The molecule has 0 unspecified atom stereocenters. The number of amides is 1. The lowest BCUT2D eigenvalue weighted by Crippen LogP contribution is -2.12. The van der Waals surface area contributed by atoms with E-state index in [-0.39, 0.29) is 10.6 Å². The van der Waals surface area contributed by atoms with Crippen LogP contribution in [0.25, 0.3) is 10.4 Å². The molecular formula is C18H13ClFNO3S2. The summed E-state index contributed by atoms with van der Waals surface area (Å²) in [5, 5.41) is 3.04. The standard InChI is InChI=1S/C18H13ClFNO3S2/c1-26(23,24)13-6-7-14(20)15(10-13)21-18(22)17-9-8-16(25-17)11-2-4-12(19)5-3-11/h2-10H,1H3,(H,21,22). The molecule has 4 nitrogen and oxygen atoms in total. The first-order chi connectivity index (χ1) is 12.2. The highest BCUT2D eigenvalue weighted by molar-refractivity contribution is 7.90. The zero-order valence-corrected chi connectivity index (χ0v) is 15.9. The molecule has 0 saturated heterocycles. The van der Waals surface area contributed by atoms with E-state index in [1.54, 1.807) is 24.3 Å². The molecule has 3 aromatic rings. The Labute approximate surface area is 159 Å². The summed E-state index contributed by atoms with van der Waals surface area (Å²) < 4.78 is 37.1. The van der Waals surface area contributed by atoms with Gasteiger partial charge >= 0.3 is 0 Å². The van der Waals surface area contributed by atoms with Crippen LogP contribution >= 0.6 is 22.9 Å². The van der Waals surface area contributed by atoms with E-state index in [1.807, 2.05) is 12.1 Å². The van der Waals surface area contributed by atoms with E-state index in [2.05, 4.69) is 5.32 Å². The van der Waals surface area contributed by atoms with E-state index in [0.29, 0.717) is 9.90 Å². The average molecular weight is 410 g/mol. The number of thiophene rings is 1. The van der Waals surface area contributed by atoms with Gasteiger partial charge in [0.15, 0.2) is 9.84 Å². The molecule has 1 heterocycles. The Morgan fingerprint density at radius 3 is 2.42 bits per heavy atom. The van der Waals surface area contributed by atoms with E-state index in [4.69, 9.17) is 11.6 Å². The van der Waals surface area contributed by atoms with Crippen molar-refractivity contribution in [2.24, 2.45) is 0 Å². The van der Waals surface area contributed by atoms with Crippen molar-refractivity contribution in [2.45, 2.75) is 4.90 Å². The second-order valence-corrected chi connectivity index (χ2v) is 9.07. The van der Waals surface area contributed by atoms with Crippen LogP contribution in [-0.2, 0) is 9.84 Å². The normalized spacial score (nSPS) is 11.3. The van der Waals surface area contributed by atoms with Crippen molar-refractivity contribution in [3.05, 3.63) is 70.3 Å². The summed E-state index contributed by atoms with van der Waals surface area (Å²) >= 11 is 7.10. The predicted octanol–water partition coefficient (Wildman–Crippen LogP) is 4.86. The summed E-state index contributed by atoms with van der Waals surface area (Å²) in [5.74, 6) is -1.22. The molecule has 0 aliphatic heterocycles. The summed E-state index contributed by atoms with van der Waals surface area (Å²) in [6.45, 7) is 0. The number of carbonyl (C=O) groups is 1. The van der Waals surface area contributed by atoms with Crippen molar-refractivity contribution < 1.29 is 17.6 Å². The zero-order chi connectivity index (χ0) is 18.9. The highest BCUT2D eigenvalue weighted by Crippen LogP contribution is 2.30. The highest BCUT2D eigenvalue weighted by Gasteiger charge is 2.15.